The fourth-order valence-corrected chi connectivity index (χ4v) is 3.39. The molecular formula is C18H38ClO2P. The summed E-state index contributed by atoms with van der Waals surface area (Å²) in [4.78, 5) is 0. The Morgan fingerprint density at radius 1 is 0.818 bits per heavy atom. The van der Waals surface area contributed by atoms with E-state index in [2.05, 4.69) is 32.1 Å². The van der Waals surface area contributed by atoms with Gasteiger partial charge < -0.3 is 21.9 Å². The molecule has 0 saturated heterocycles. The van der Waals surface area contributed by atoms with Crippen molar-refractivity contribution in [2.24, 2.45) is 0 Å². The molecule has 0 aliphatic heterocycles. The standard InChI is InChI=1S/C18H38O2P.ClH/c1-6-19-18(20-7-2)16-14-12-10-8-9-11-13-15-17-21(3,4)5;/h9,11,18H,6-8,10,12-17H2,1-5H3;1H/q+1;/p-1/b11-9+;. The molecule has 0 spiro atoms. The minimum Gasteiger partial charge on any atom is -1.00 e. The highest BCUT2D eigenvalue weighted by atomic mass is 35.5. The van der Waals surface area contributed by atoms with Gasteiger partial charge >= 0.3 is 0 Å². The first kappa shape index (κ1) is 24.6. The summed E-state index contributed by atoms with van der Waals surface area (Å²) in [5.41, 5.74) is 0. The number of hydrogen-bond donors (Lipinski definition) is 0. The van der Waals surface area contributed by atoms with Crippen molar-refractivity contribution in [3.63, 3.8) is 0 Å². The summed E-state index contributed by atoms with van der Waals surface area (Å²) in [6.45, 7) is 12.8. The molecular weight excluding hydrogens is 315 g/mol. The quantitative estimate of drug-likeness (QED) is 0.207. The van der Waals surface area contributed by atoms with Crippen molar-refractivity contribution < 1.29 is 21.9 Å². The predicted molar refractivity (Wildman–Crippen MR) is 98.1 cm³/mol. The Labute approximate surface area is 146 Å². The SMILES string of the molecule is CCOC(CCCCC/C=C/CCC[P+](C)(C)C)OCC.[Cl-]. The lowest BCUT2D eigenvalue weighted by Gasteiger charge is -2.16. The Hall–Kier alpha value is 0.380. The third-order valence-electron chi connectivity index (χ3n) is 3.38. The van der Waals surface area contributed by atoms with Crippen LogP contribution in [0.5, 0.6) is 0 Å². The average Bonchev–Trinajstić information content (AvgIpc) is 2.40. The average molecular weight is 353 g/mol. The summed E-state index contributed by atoms with van der Waals surface area (Å²) in [5.74, 6) is 0. The maximum Gasteiger partial charge on any atom is 0.157 e. The highest BCUT2D eigenvalue weighted by molar-refractivity contribution is 7.73. The molecule has 0 fully saturated rings. The lowest BCUT2D eigenvalue weighted by Crippen LogP contribution is -3.00. The molecule has 0 saturated carbocycles. The van der Waals surface area contributed by atoms with E-state index in [1.807, 2.05) is 13.8 Å². The Morgan fingerprint density at radius 2 is 1.36 bits per heavy atom. The maximum atomic E-state index is 5.55. The van der Waals surface area contributed by atoms with E-state index in [1.165, 1.54) is 44.7 Å². The molecule has 0 atom stereocenters. The highest BCUT2D eigenvalue weighted by Crippen LogP contribution is 2.47. The van der Waals surface area contributed by atoms with Crippen LogP contribution < -0.4 is 12.4 Å². The predicted octanol–water partition coefficient (Wildman–Crippen LogP) is 2.58. The third kappa shape index (κ3) is 18.4. The van der Waals surface area contributed by atoms with Crippen LogP contribution in [0.25, 0.3) is 0 Å². The lowest BCUT2D eigenvalue weighted by atomic mass is 10.1. The molecule has 134 valence electrons. The van der Waals surface area contributed by atoms with Crippen molar-refractivity contribution in [2.45, 2.75) is 65.1 Å². The van der Waals surface area contributed by atoms with Gasteiger partial charge in [-0.25, -0.2) is 0 Å². The zero-order chi connectivity index (χ0) is 16.0. The van der Waals surface area contributed by atoms with Crippen LogP contribution in [0.2, 0.25) is 0 Å². The normalized spacial score (nSPS) is 12.1. The van der Waals surface area contributed by atoms with Gasteiger partial charge in [0.05, 0.1) is 6.16 Å². The second-order valence-corrected chi connectivity index (χ2v) is 11.6. The van der Waals surface area contributed by atoms with Gasteiger partial charge in [0, 0.05) is 40.5 Å². The maximum absolute atomic E-state index is 5.55. The second-order valence-electron chi connectivity index (χ2n) is 6.61. The Kier molecular flexibility index (Phi) is 18.2. The molecule has 0 N–H and O–H groups in total. The van der Waals surface area contributed by atoms with E-state index in [-0.39, 0.29) is 18.7 Å². The van der Waals surface area contributed by atoms with E-state index < -0.39 is 7.26 Å². The number of unbranched alkanes of at least 4 members (excludes halogenated alkanes) is 4. The van der Waals surface area contributed by atoms with Crippen molar-refractivity contribution in [2.75, 3.05) is 39.4 Å². The molecule has 0 unspecified atom stereocenters. The van der Waals surface area contributed by atoms with Crippen LogP contribution in [-0.2, 0) is 9.47 Å². The van der Waals surface area contributed by atoms with Gasteiger partial charge in [0.15, 0.2) is 6.29 Å². The molecule has 2 nitrogen and oxygen atoms in total. The number of ether oxygens (including phenoxy) is 2. The topological polar surface area (TPSA) is 18.5 Å². The Bertz CT molecular complexity index is 246. The second kappa shape index (κ2) is 16.2. The summed E-state index contributed by atoms with van der Waals surface area (Å²) in [5, 5.41) is 0. The van der Waals surface area contributed by atoms with Crippen LogP contribution in [-0.4, -0.2) is 45.7 Å². The van der Waals surface area contributed by atoms with E-state index >= 15 is 0 Å². The van der Waals surface area contributed by atoms with Crippen LogP contribution in [0.3, 0.4) is 0 Å². The Morgan fingerprint density at radius 3 is 1.86 bits per heavy atom. The van der Waals surface area contributed by atoms with E-state index in [0.29, 0.717) is 0 Å². The molecule has 0 aromatic carbocycles. The van der Waals surface area contributed by atoms with Gasteiger partial charge in [-0.15, -0.1) is 0 Å². The molecule has 4 heteroatoms. The fourth-order valence-electron chi connectivity index (χ4n) is 2.26. The Balaban J connectivity index is 0. The molecule has 0 aromatic rings. The van der Waals surface area contributed by atoms with Crippen molar-refractivity contribution in [3.8, 4) is 0 Å². The van der Waals surface area contributed by atoms with Gasteiger partial charge in [-0.2, -0.15) is 0 Å². The van der Waals surface area contributed by atoms with E-state index in [1.54, 1.807) is 0 Å². The molecule has 22 heavy (non-hydrogen) atoms. The first-order chi connectivity index (χ1) is 9.99. The molecule has 0 heterocycles. The minimum absolute atomic E-state index is 0. The summed E-state index contributed by atoms with van der Waals surface area (Å²) < 4.78 is 11.1. The molecule has 0 aromatic heterocycles. The molecule has 0 aliphatic carbocycles. The number of rotatable bonds is 14. The van der Waals surface area contributed by atoms with E-state index in [4.69, 9.17) is 9.47 Å². The lowest BCUT2D eigenvalue weighted by molar-refractivity contribution is -0.140. The van der Waals surface area contributed by atoms with Crippen LogP contribution >= 0.6 is 7.26 Å². The van der Waals surface area contributed by atoms with Crippen LogP contribution in [0.4, 0.5) is 0 Å². The number of halogens is 1. The first-order valence-corrected chi connectivity index (χ1v) is 12.0. The summed E-state index contributed by atoms with van der Waals surface area (Å²) in [6.07, 6.45) is 14.8. The molecule has 0 aliphatic rings. The van der Waals surface area contributed by atoms with Crippen molar-refractivity contribution in [1.29, 1.82) is 0 Å². The molecule has 0 bridgehead atoms. The summed E-state index contributed by atoms with van der Waals surface area (Å²) >= 11 is 0. The van der Waals surface area contributed by atoms with Crippen LogP contribution in [0.1, 0.15) is 58.8 Å². The van der Waals surface area contributed by atoms with E-state index in [0.717, 1.165) is 19.6 Å². The molecule has 0 rings (SSSR count). The van der Waals surface area contributed by atoms with Gasteiger partial charge in [-0.3, -0.25) is 0 Å². The van der Waals surface area contributed by atoms with Crippen LogP contribution in [0, 0.1) is 0 Å². The fraction of sp³-hybridized carbons (Fsp3) is 0.889. The van der Waals surface area contributed by atoms with Gasteiger partial charge in [-0.1, -0.05) is 18.6 Å². The number of allylic oxidation sites excluding steroid dienone is 2. The van der Waals surface area contributed by atoms with Crippen LogP contribution in [0.15, 0.2) is 12.2 Å². The zero-order valence-corrected chi connectivity index (χ0v) is 17.1. The number of hydrogen-bond acceptors (Lipinski definition) is 2. The first-order valence-electron chi connectivity index (χ1n) is 8.68. The highest BCUT2D eigenvalue weighted by Gasteiger charge is 2.14. The summed E-state index contributed by atoms with van der Waals surface area (Å²) in [6, 6.07) is 0. The van der Waals surface area contributed by atoms with Gasteiger partial charge in [0.25, 0.3) is 0 Å². The van der Waals surface area contributed by atoms with Crippen molar-refractivity contribution in [3.05, 3.63) is 12.2 Å². The molecule has 0 radical (unpaired) electrons. The van der Waals surface area contributed by atoms with Gasteiger partial charge in [0.2, 0.25) is 0 Å². The van der Waals surface area contributed by atoms with Crippen molar-refractivity contribution in [1.82, 2.24) is 0 Å². The van der Waals surface area contributed by atoms with Gasteiger partial charge in [-0.05, 0) is 52.4 Å². The van der Waals surface area contributed by atoms with E-state index in [9.17, 15) is 0 Å². The monoisotopic (exact) mass is 352 g/mol. The third-order valence-corrected chi connectivity index (χ3v) is 5.04. The minimum atomic E-state index is -0.565. The summed E-state index contributed by atoms with van der Waals surface area (Å²) in [7, 11) is -0.565. The molecule has 0 amide bonds. The smallest absolute Gasteiger partial charge is 0.157 e. The van der Waals surface area contributed by atoms with Gasteiger partial charge in [0.1, 0.15) is 0 Å². The largest absolute Gasteiger partial charge is 1.00 e. The zero-order valence-electron chi connectivity index (χ0n) is 15.4. The van der Waals surface area contributed by atoms with Crippen molar-refractivity contribution >= 4 is 7.26 Å².